The largest absolute Gasteiger partial charge is 0.416 e. The summed E-state index contributed by atoms with van der Waals surface area (Å²) in [4.78, 5) is 13.9. The summed E-state index contributed by atoms with van der Waals surface area (Å²) in [7, 11) is 0. The standard InChI is InChI=1S/C18H22F3NO2/c1-2-17(13-23)9-11-22(12-10-17)16(24)8-5-14-3-6-15(7-4-14)18(19,20)21/h3-8,23H,2,9-13H2,1H3/b8-5+. The summed E-state index contributed by atoms with van der Waals surface area (Å²) in [5, 5.41) is 9.50. The van der Waals surface area contributed by atoms with Gasteiger partial charge in [-0.3, -0.25) is 4.79 Å². The van der Waals surface area contributed by atoms with Crippen LogP contribution in [-0.2, 0) is 11.0 Å². The van der Waals surface area contributed by atoms with Crippen molar-refractivity contribution in [3.05, 3.63) is 41.5 Å². The summed E-state index contributed by atoms with van der Waals surface area (Å²) < 4.78 is 37.5. The average Bonchev–Trinajstić information content (AvgIpc) is 2.59. The topological polar surface area (TPSA) is 40.5 Å². The van der Waals surface area contributed by atoms with Gasteiger partial charge < -0.3 is 10.0 Å². The molecule has 0 unspecified atom stereocenters. The molecule has 0 spiro atoms. The van der Waals surface area contributed by atoms with Crippen LogP contribution in [0.5, 0.6) is 0 Å². The van der Waals surface area contributed by atoms with Gasteiger partial charge >= 0.3 is 6.18 Å². The van der Waals surface area contributed by atoms with Gasteiger partial charge in [0.25, 0.3) is 0 Å². The zero-order valence-electron chi connectivity index (χ0n) is 13.6. The fourth-order valence-corrected chi connectivity index (χ4v) is 2.88. The van der Waals surface area contributed by atoms with Crippen molar-refractivity contribution < 1.29 is 23.1 Å². The van der Waals surface area contributed by atoms with Gasteiger partial charge in [-0.05, 0) is 48.4 Å². The van der Waals surface area contributed by atoms with E-state index >= 15 is 0 Å². The maximum atomic E-state index is 12.5. The molecule has 1 aromatic rings. The Balaban J connectivity index is 1.94. The number of carbonyl (C=O) groups is 1. The lowest BCUT2D eigenvalue weighted by Crippen LogP contribution is -2.43. The van der Waals surface area contributed by atoms with E-state index in [4.69, 9.17) is 0 Å². The lowest BCUT2D eigenvalue weighted by molar-refractivity contribution is -0.137. The number of likely N-dealkylation sites (tertiary alicyclic amines) is 1. The summed E-state index contributed by atoms with van der Waals surface area (Å²) in [6, 6.07) is 4.69. The molecule has 0 aliphatic carbocycles. The first kappa shape index (κ1) is 18.5. The molecule has 6 heteroatoms. The Bertz CT molecular complexity index is 579. The first-order chi connectivity index (χ1) is 11.3. The Morgan fingerprint density at radius 1 is 1.25 bits per heavy atom. The molecule has 24 heavy (non-hydrogen) atoms. The smallest absolute Gasteiger partial charge is 0.396 e. The fourth-order valence-electron chi connectivity index (χ4n) is 2.88. The second-order valence-electron chi connectivity index (χ2n) is 6.29. The summed E-state index contributed by atoms with van der Waals surface area (Å²) in [5.74, 6) is -0.155. The maximum Gasteiger partial charge on any atom is 0.416 e. The molecule has 1 fully saturated rings. The number of piperidine rings is 1. The van der Waals surface area contributed by atoms with E-state index in [0.717, 1.165) is 31.4 Å². The highest BCUT2D eigenvalue weighted by Gasteiger charge is 2.33. The molecule has 3 nitrogen and oxygen atoms in total. The van der Waals surface area contributed by atoms with Crippen molar-refractivity contribution in [2.24, 2.45) is 5.41 Å². The zero-order chi connectivity index (χ0) is 17.8. The average molecular weight is 341 g/mol. The van der Waals surface area contributed by atoms with Gasteiger partial charge in [0.2, 0.25) is 5.91 Å². The lowest BCUT2D eigenvalue weighted by Gasteiger charge is -2.39. The van der Waals surface area contributed by atoms with E-state index in [2.05, 4.69) is 0 Å². The summed E-state index contributed by atoms with van der Waals surface area (Å²) >= 11 is 0. The number of alkyl halides is 3. The van der Waals surface area contributed by atoms with Crippen molar-refractivity contribution in [2.75, 3.05) is 19.7 Å². The molecule has 0 saturated carbocycles. The van der Waals surface area contributed by atoms with E-state index in [1.54, 1.807) is 4.90 Å². The molecule has 1 N–H and O–H groups in total. The first-order valence-electron chi connectivity index (χ1n) is 8.05. The number of nitrogens with zero attached hydrogens (tertiary/aromatic N) is 1. The molecule has 1 aliphatic rings. The predicted molar refractivity (Wildman–Crippen MR) is 86.1 cm³/mol. The first-order valence-corrected chi connectivity index (χ1v) is 8.05. The number of amides is 1. The number of hydrogen-bond acceptors (Lipinski definition) is 2. The molecule has 1 amide bonds. The van der Waals surface area contributed by atoms with E-state index in [-0.39, 0.29) is 17.9 Å². The SMILES string of the molecule is CCC1(CO)CCN(C(=O)/C=C/c2ccc(C(F)(F)F)cc2)CC1. The van der Waals surface area contributed by atoms with Crippen molar-refractivity contribution >= 4 is 12.0 Å². The second-order valence-corrected chi connectivity index (χ2v) is 6.29. The number of aliphatic hydroxyl groups excluding tert-OH is 1. The molecule has 0 radical (unpaired) electrons. The summed E-state index contributed by atoms with van der Waals surface area (Å²) in [6.45, 7) is 3.35. The Kier molecular flexibility index (Phi) is 5.70. The van der Waals surface area contributed by atoms with Crippen LogP contribution < -0.4 is 0 Å². The van der Waals surface area contributed by atoms with Gasteiger partial charge in [-0.1, -0.05) is 19.1 Å². The van der Waals surface area contributed by atoms with E-state index in [1.165, 1.54) is 24.3 Å². The minimum atomic E-state index is -4.36. The van der Waals surface area contributed by atoms with Crippen molar-refractivity contribution in [1.82, 2.24) is 4.90 Å². The van der Waals surface area contributed by atoms with E-state index in [9.17, 15) is 23.1 Å². The van der Waals surface area contributed by atoms with Crippen LogP contribution in [0.25, 0.3) is 6.08 Å². The van der Waals surface area contributed by atoms with Crippen LogP contribution in [0.1, 0.15) is 37.3 Å². The van der Waals surface area contributed by atoms with Crippen molar-refractivity contribution in [1.29, 1.82) is 0 Å². The predicted octanol–water partition coefficient (Wildman–Crippen LogP) is 3.73. The normalized spacial score (nSPS) is 18.1. The molecule has 0 aromatic heterocycles. The van der Waals surface area contributed by atoms with Crippen LogP contribution in [-0.4, -0.2) is 35.6 Å². The van der Waals surface area contributed by atoms with Gasteiger partial charge in [-0.25, -0.2) is 0 Å². The maximum absolute atomic E-state index is 12.5. The van der Waals surface area contributed by atoms with Crippen LogP contribution in [0.15, 0.2) is 30.3 Å². The number of benzene rings is 1. The number of carbonyl (C=O) groups excluding carboxylic acids is 1. The molecule has 1 heterocycles. The van der Waals surface area contributed by atoms with E-state index in [1.807, 2.05) is 6.92 Å². The number of halogens is 3. The second kappa shape index (κ2) is 7.38. The van der Waals surface area contributed by atoms with Crippen LogP contribution in [0.2, 0.25) is 0 Å². The third-order valence-corrected chi connectivity index (χ3v) is 4.88. The zero-order valence-corrected chi connectivity index (χ0v) is 13.6. The molecular weight excluding hydrogens is 319 g/mol. The number of aliphatic hydroxyl groups is 1. The van der Waals surface area contributed by atoms with Gasteiger partial charge in [-0.15, -0.1) is 0 Å². The fraction of sp³-hybridized carbons (Fsp3) is 0.500. The van der Waals surface area contributed by atoms with Crippen LogP contribution in [0, 0.1) is 5.41 Å². The van der Waals surface area contributed by atoms with Crippen molar-refractivity contribution in [3.63, 3.8) is 0 Å². The Hall–Kier alpha value is -1.82. The number of rotatable bonds is 4. The van der Waals surface area contributed by atoms with Crippen LogP contribution in [0.4, 0.5) is 13.2 Å². The highest BCUT2D eigenvalue weighted by atomic mass is 19.4. The Labute approximate surface area is 139 Å². The molecule has 1 aliphatic heterocycles. The quantitative estimate of drug-likeness (QED) is 0.848. The van der Waals surface area contributed by atoms with Crippen LogP contribution in [0.3, 0.4) is 0 Å². The molecule has 1 aromatic carbocycles. The van der Waals surface area contributed by atoms with Gasteiger partial charge in [0.15, 0.2) is 0 Å². The minimum absolute atomic E-state index is 0.0894. The summed E-state index contributed by atoms with van der Waals surface area (Å²) in [5.41, 5.74) is -0.248. The third kappa shape index (κ3) is 4.38. The minimum Gasteiger partial charge on any atom is -0.396 e. The van der Waals surface area contributed by atoms with Crippen LogP contribution >= 0.6 is 0 Å². The monoisotopic (exact) mass is 341 g/mol. The van der Waals surface area contributed by atoms with Gasteiger partial charge in [0.05, 0.1) is 5.56 Å². The Morgan fingerprint density at radius 3 is 2.29 bits per heavy atom. The lowest BCUT2D eigenvalue weighted by atomic mass is 9.77. The van der Waals surface area contributed by atoms with Crippen molar-refractivity contribution in [2.45, 2.75) is 32.4 Å². The highest BCUT2D eigenvalue weighted by Crippen LogP contribution is 2.34. The highest BCUT2D eigenvalue weighted by molar-refractivity contribution is 5.91. The van der Waals surface area contributed by atoms with E-state index in [0.29, 0.717) is 18.7 Å². The van der Waals surface area contributed by atoms with Gasteiger partial charge in [0.1, 0.15) is 0 Å². The molecule has 2 rings (SSSR count). The molecule has 132 valence electrons. The third-order valence-electron chi connectivity index (χ3n) is 4.88. The molecule has 0 bridgehead atoms. The summed E-state index contributed by atoms with van der Waals surface area (Å²) in [6.07, 6.45) is 0.966. The Morgan fingerprint density at radius 2 is 1.83 bits per heavy atom. The van der Waals surface area contributed by atoms with Crippen molar-refractivity contribution in [3.8, 4) is 0 Å². The van der Waals surface area contributed by atoms with E-state index < -0.39 is 11.7 Å². The van der Waals surface area contributed by atoms with Gasteiger partial charge in [0, 0.05) is 25.8 Å². The molecular formula is C18H22F3NO2. The molecule has 1 saturated heterocycles. The molecule has 0 atom stereocenters. The van der Waals surface area contributed by atoms with Gasteiger partial charge in [-0.2, -0.15) is 13.2 Å². The number of hydrogen-bond donors (Lipinski definition) is 1.